The van der Waals surface area contributed by atoms with Gasteiger partial charge >= 0.3 is 0 Å². The summed E-state index contributed by atoms with van der Waals surface area (Å²) in [6.07, 6.45) is 3.33. The average molecular weight is 222 g/mol. The van der Waals surface area contributed by atoms with Crippen molar-refractivity contribution in [3.05, 3.63) is 29.8 Å². The molecule has 0 saturated heterocycles. The molecule has 1 aromatic rings. The van der Waals surface area contributed by atoms with Gasteiger partial charge in [-0.1, -0.05) is 12.1 Å². The molecular weight excluding hydrogens is 200 g/mol. The lowest BCUT2D eigenvalue weighted by molar-refractivity contribution is 0.414. The van der Waals surface area contributed by atoms with Crippen molar-refractivity contribution in [1.82, 2.24) is 5.32 Å². The summed E-state index contributed by atoms with van der Waals surface area (Å²) in [7, 11) is 1.69. The maximum atomic E-state index is 5.42. The van der Waals surface area contributed by atoms with Crippen molar-refractivity contribution in [3.63, 3.8) is 0 Å². The monoisotopic (exact) mass is 222 g/mol. The van der Waals surface area contributed by atoms with E-state index in [2.05, 4.69) is 17.4 Å². The maximum absolute atomic E-state index is 5.42. The Kier molecular flexibility index (Phi) is 6.61. The molecule has 0 radical (unpaired) electrons. The Labute approximate surface area is 98.0 Å². The molecule has 1 rings (SSSR count). The first-order valence-corrected chi connectivity index (χ1v) is 5.90. The molecule has 0 aliphatic rings. The normalized spacial score (nSPS) is 10.4. The number of methoxy groups -OCH3 is 1. The predicted molar refractivity (Wildman–Crippen MR) is 67.9 cm³/mol. The molecule has 3 N–H and O–H groups in total. The first-order valence-electron chi connectivity index (χ1n) is 5.90. The van der Waals surface area contributed by atoms with Crippen molar-refractivity contribution in [3.8, 4) is 5.75 Å². The first kappa shape index (κ1) is 13.0. The van der Waals surface area contributed by atoms with E-state index in [0.717, 1.165) is 38.2 Å². The molecule has 3 heteroatoms. The van der Waals surface area contributed by atoms with Gasteiger partial charge in [0.1, 0.15) is 5.75 Å². The number of nitrogens with two attached hydrogens (primary N) is 1. The van der Waals surface area contributed by atoms with E-state index >= 15 is 0 Å². The quantitative estimate of drug-likeness (QED) is 0.656. The van der Waals surface area contributed by atoms with E-state index in [1.807, 2.05) is 12.1 Å². The minimum atomic E-state index is 0.792. The Morgan fingerprint density at radius 1 is 1.12 bits per heavy atom. The van der Waals surface area contributed by atoms with E-state index in [0.29, 0.717) is 0 Å². The summed E-state index contributed by atoms with van der Waals surface area (Å²) in [4.78, 5) is 0. The summed E-state index contributed by atoms with van der Waals surface area (Å²) >= 11 is 0. The highest BCUT2D eigenvalue weighted by molar-refractivity contribution is 5.27. The SMILES string of the molecule is COc1ccc(CCNCCCCN)cc1. The van der Waals surface area contributed by atoms with Gasteiger partial charge in [-0.3, -0.25) is 0 Å². The lowest BCUT2D eigenvalue weighted by Crippen LogP contribution is -2.19. The fraction of sp³-hybridized carbons (Fsp3) is 0.538. The van der Waals surface area contributed by atoms with Crippen LogP contribution in [0, 0.1) is 0 Å². The van der Waals surface area contributed by atoms with E-state index in [9.17, 15) is 0 Å². The zero-order chi connectivity index (χ0) is 11.6. The average Bonchev–Trinajstić information content (AvgIpc) is 2.34. The molecule has 0 fully saturated rings. The van der Waals surface area contributed by atoms with Crippen LogP contribution in [0.1, 0.15) is 18.4 Å². The lowest BCUT2D eigenvalue weighted by Gasteiger charge is -2.05. The molecule has 0 spiro atoms. The van der Waals surface area contributed by atoms with Crippen LogP contribution in [-0.2, 0) is 6.42 Å². The first-order chi connectivity index (χ1) is 7.86. The molecule has 0 aliphatic carbocycles. The largest absolute Gasteiger partial charge is 0.497 e. The van der Waals surface area contributed by atoms with Crippen LogP contribution in [0.4, 0.5) is 0 Å². The van der Waals surface area contributed by atoms with Crippen LogP contribution in [-0.4, -0.2) is 26.7 Å². The van der Waals surface area contributed by atoms with E-state index in [1.54, 1.807) is 7.11 Å². The molecule has 0 saturated carbocycles. The molecular formula is C13H22N2O. The van der Waals surface area contributed by atoms with Gasteiger partial charge in [-0.05, 0) is 56.6 Å². The van der Waals surface area contributed by atoms with E-state index < -0.39 is 0 Å². The van der Waals surface area contributed by atoms with Gasteiger partial charge in [0.2, 0.25) is 0 Å². The third-order valence-electron chi connectivity index (χ3n) is 2.56. The van der Waals surface area contributed by atoms with Gasteiger partial charge in [-0.2, -0.15) is 0 Å². The molecule has 0 aliphatic heterocycles. The third kappa shape index (κ3) is 5.14. The Morgan fingerprint density at radius 2 is 1.88 bits per heavy atom. The van der Waals surface area contributed by atoms with Gasteiger partial charge in [0.25, 0.3) is 0 Å². The van der Waals surface area contributed by atoms with Crippen LogP contribution in [0.3, 0.4) is 0 Å². The van der Waals surface area contributed by atoms with Gasteiger partial charge in [-0.15, -0.1) is 0 Å². The van der Waals surface area contributed by atoms with E-state index in [4.69, 9.17) is 10.5 Å². The molecule has 1 aromatic carbocycles. The van der Waals surface area contributed by atoms with Gasteiger partial charge in [0.05, 0.1) is 7.11 Å². The highest BCUT2D eigenvalue weighted by Crippen LogP contribution is 2.11. The van der Waals surface area contributed by atoms with Crippen LogP contribution in [0.15, 0.2) is 24.3 Å². The van der Waals surface area contributed by atoms with Crippen LogP contribution < -0.4 is 15.8 Å². The molecule has 0 amide bonds. The number of hydrogen-bond acceptors (Lipinski definition) is 3. The minimum absolute atomic E-state index is 0.792. The van der Waals surface area contributed by atoms with Crippen LogP contribution >= 0.6 is 0 Å². The van der Waals surface area contributed by atoms with Crippen molar-refractivity contribution >= 4 is 0 Å². The smallest absolute Gasteiger partial charge is 0.118 e. The molecule has 0 aromatic heterocycles. The highest BCUT2D eigenvalue weighted by Gasteiger charge is 1.94. The van der Waals surface area contributed by atoms with Crippen LogP contribution in [0.5, 0.6) is 5.75 Å². The van der Waals surface area contributed by atoms with Gasteiger partial charge < -0.3 is 15.8 Å². The summed E-state index contributed by atoms with van der Waals surface area (Å²) in [5.41, 5.74) is 6.76. The molecule has 0 bridgehead atoms. The molecule has 0 unspecified atom stereocenters. The van der Waals surface area contributed by atoms with Crippen molar-refractivity contribution < 1.29 is 4.74 Å². The molecule has 3 nitrogen and oxygen atoms in total. The van der Waals surface area contributed by atoms with E-state index in [1.165, 1.54) is 12.0 Å². The summed E-state index contributed by atoms with van der Waals surface area (Å²) in [6, 6.07) is 8.23. The molecule has 0 atom stereocenters. The lowest BCUT2D eigenvalue weighted by atomic mass is 10.1. The number of unbranched alkanes of at least 4 members (excludes halogenated alkanes) is 1. The second kappa shape index (κ2) is 8.13. The number of hydrogen-bond donors (Lipinski definition) is 2. The van der Waals surface area contributed by atoms with Crippen molar-refractivity contribution in [1.29, 1.82) is 0 Å². The van der Waals surface area contributed by atoms with Crippen LogP contribution in [0.2, 0.25) is 0 Å². The third-order valence-corrected chi connectivity index (χ3v) is 2.56. The molecule has 16 heavy (non-hydrogen) atoms. The van der Waals surface area contributed by atoms with E-state index in [-0.39, 0.29) is 0 Å². The summed E-state index contributed by atoms with van der Waals surface area (Å²) in [6.45, 7) is 2.88. The zero-order valence-electron chi connectivity index (χ0n) is 10.0. The minimum Gasteiger partial charge on any atom is -0.497 e. The standard InChI is InChI=1S/C13H22N2O/c1-16-13-6-4-12(5-7-13)8-11-15-10-3-2-9-14/h4-7,15H,2-3,8-11,14H2,1H3. The highest BCUT2D eigenvalue weighted by atomic mass is 16.5. The van der Waals surface area contributed by atoms with Gasteiger partial charge in [0.15, 0.2) is 0 Å². The number of rotatable bonds is 8. The Balaban J connectivity index is 2.12. The Morgan fingerprint density at radius 3 is 2.50 bits per heavy atom. The molecule has 90 valence electrons. The number of benzene rings is 1. The van der Waals surface area contributed by atoms with Crippen molar-refractivity contribution in [2.75, 3.05) is 26.7 Å². The summed E-state index contributed by atoms with van der Waals surface area (Å²) in [5.74, 6) is 0.916. The second-order valence-corrected chi connectivity index (χ2v) is 3.84. The van der Waals surface area contributed by atoms with Crippen LogP contribution in [0.25, 0.3) is 0 Å². The fourth-order valence-electron chi connectivity index (χ4n) is 1.54. The zero-order valence-corrected chi connectivity index (χ0v) is 10.0. The van der Waals surface area contributed by atoms with Gasteiger partial charge in [0, 0.05) is 0 Å². The maximum Gasteiger partial charge on any atom is 0.118 e. The summed E-state index contributed by atoms with van der Waals surface area (Å²) in [5, 5.41) is 3.41. The van der Waals surface area contributed by atoms with Crippen molar-refractivity contribution in [2.45, 2.75) is 19.3 Å². The fourth-order valence-corrected chi connectivity index (χ4v) is 1.54. The second-order valence-electron chi connectivity index (χ2n) is 3.84. The predicted octanol–water partition coefficient (Wildman–Crippen LogP) is 1.57. The topological polar surface area (TPSA) is 47.3 Å². The number of ether oxygens (including phenoxy) is 1. The Hall–Kier alpha value is -1.06. The summed E-state index contributed by atoms with van der Waals surface area (Å²) < 4.78 is 5.11. The van der Waals surface area contributed by atoms with Gasteiger partial charge in [-0.25, -0.2) is 0 Å². The van der Waals surface area contributed by atoms with Crippen molar-refractivity contribution in [2.24, 2.45) is 5.73 Å². The molecule has 0 heterocycles. The number of nitrogens with one attached hydrogen (secondary N) is 1. The Bertz CT molecular complexity index is 272.